The topological polar surface area (TPSA) is 40.5 Å². The van der Waals surface area contributed by atoms with Crippen molar-refractivity contribution in [2.45, 2.75) is 18.9 Å². The molecule has 2 nitrogen and oxygen atoms in total. The Morgan fingerprint density at radius 1 is 1.58 bits per heavy atom. The van der Waals surface area contributed by atoms with Gasteiger partial charge in [0.1, 0.15) is 0 Å². The van der Waals surface area contributed by atoms with E-state index in [1.807, 2.05) is 11.4 Å². The highest BCUT2D eigenvalue weighted by Crippen LogP contribution is 2.27. The SMILES string of the molecule is OCCCC(O)c1cc(Br)cs1. The Hall–Kier alpha value is 0.1000. The zero-order valence-corrected chi connectivity index (χ0v) is 8.94. The third-order valence-electron chi connectivity index (χ3n) is 1.55. The summed E-state index contributed by atoms with van der Waals surface area (Å²) in [4.78, 5) is 0.954. The van der Waals surface area contributed by atoms with Crippen LogP contribution in [0.2, 0.25) is 0 Å². The Morgan fingerprint density at radius 3 is 2.83 bits per heavy atom. The highest BCUT2D eigenvalue weighted by atomic mass is 79.9. The highest BCUT2D eigenvalue weighted by molar-refractivity contribution is 9.10. The molecule has 1 unspecified atom stereocenters. The summed E-state index contributed by atoms with van der Waals surface area (Å²) in [5.41, 5.74) is 0. The van der Waals surface area contributed by atoms with E-state index < -0.39 is 6.10 Å². The molecule has 4 heteroatoms. The zero-order valence-electron chi connectivity index (χ0n) is 6.53. The molecule has 0 amide bonds. The summed E-state index contributed by atoms with van der Waals surface area (Å²) < 4.78 is 1.01. The molecule has 1 aromatic rings. The third kappa shape index (κ3) is 2.86. The maximum absolute atomic E-state index is 9.54. The first-order chi connectivity index (χ1) is 5.74. The van der Waals surface area contributed by atoms with Gasteiger partial charge in [-0.3, -0.25) is 0 Å². The maximum Gasteiger partial charge on any atom is 0.0883 e. The van der Waals surface area contributed by atoms with E-state index in [4.69, 9.17) is 5.11 Å². The lowest BCUT2D eigenvalue weighted by atomic mass is 10.2. The molecule has 0 fully saturated rings. The highest BCUT2D eigenvalue weighted by Gasteiger charge is 2.08. The van der Waals surface area contributed by atoms with Crippen LogP contribution in [0, 0.1) is 0 Å². The monoisotopic (exact) mass is 250 g/mol. The van der Waals surface area contributed by atoms with Crippen molar-refractivity contribution >= 4 is 27.3 Å². The third-order valence-corrected chi connectivity index (χ3v) is 3.35. The van der Waals surface area contributed by atoms with Gasteiger partial charge in [0.05, 0.1) is 6.10 Å². The molecule has 68 valence electrons. The average molecular weight is 251 g/mol. The minimum absolute atomic E-state index is 0.142. The molecule has 0 saturated carbocycles. The zero-order chi connectivity index (χ0) is 8.97. The first-order valence-electron chi connectivity index (χ1n) is 3.77. The second-order valence-corrected chi connectivity index (χ2v) is 4.41. The fraction of sp³-hybridized carbons (Fsp3) is 0.500. The molecule has 0 aliphatic carbocycles. The van der Waals surface area contributed by atoms with Crippen LogP contribution in [0.15, 0.2) is 15.9 Å². The lowest BCUT2D eigenvalue weighted by Gasteiger charge is -2.05. The van der Waals surface area contributed by atoms with Gasteiger partial charge in [-0.2, -0.15) is 0 Å². The van der Waals surface area contributed by atoms with Gasteiger partial charge in [0, 0.05) is 21.3 Å². The summed E-state index contributed by atoms with van der Waals surface area (Å²) in [6, 6.07) is 1.91. The van der Waals surface area contributed by atoms with E-state index >= 15 is 0 Å². The van der Waals surface area contributed by atoms with Gasteiger partial charge in [0.15, 0.2) is 0 Å². The summed E-state index contributed by atoms with van der Waals surface area (Å²) in [6.07, 6.45) is 0.855. The van der Waals surface area contributed by atoms with Gasteiger partial charge in [-0.25, -0.2) is 0 Å². The molecule has 0 aliphatic heterocycles. The number of halogens is 1. The van der Waals surface area contributed by atoms with Crippen LogP contribution in [-0.2, 0) is 0 Å². The predicted molar refractivity (Wildman–Crippen MR) is 53.3 cm³/mol. The van der Waals surface area contributed by atoms with Crippen LogP contribution in [0.5, 0.6) is 0 Å². The van der Waals surface area contributed by atoms with Gasteiger partial charge in [-0.1, -0.05) is 0 Å². The summed E-state index contributed by atoms with van der Waals surface area (Å²) in [7, 11) is 0. The van der Waals surface area contributed by atoms with E-state index in [-0.39, 0.29) is 6.61 Å². The van der Waals surface area contributed by atoms with Gasteiger partial charge in [-0.05, 0) is 34.8 Å². The molecule has 1 rings (SSSR count). The van der Waals surface area contributed by atoms with Crippen molar-refractivity contribution in [3.05, 3.63) is 20.8 Å². The molecule has 0 radical (unpaired) electrons. The fourth-order valence-corrected chi connectivity index (χ4v) is 2.40. The van der Waals surface area contributed by atoms with Gasteiger partial charge in [0.25, 0.3) is 0 Å². The van der Waals surface area contributed by atoms with Crippen LogP contribution in [0.4, 0.5) is 0 Å². The first kappa shape index (κ1) is 10.2. The van der Waals surface area contributed by atoms with E-state index in [1.54, 1.807) is 0 Å². The van der Waals surface area contributed by atoms with E-state index in [1.165, 1.54) is 11.3 Å². The van der Waals surface area contributed by atoms with Crippen molar-refractivity contribution in [1.82, 2.24) is 0 Å². The Morgan fingerprint density at radius 2 is 2.33 bits per heavy atom. The van der Waals surface area contributed by atoms with E-state index in [2.05, 4.69) is 15.9 Å². The molecular weight excluding hydrogens is 240 g/mol. The largest absolute Gasteiger partial charge is 0.396 e. The van der Waals surface area contributed by atoms with Gasteiger partial charge < -0.3 is 10.2 Å². The number of hydrogen-bond donors (Lipinski definition) is 2. The second kappa shape index (κ2) is 4.97. The molecule has 2 N–H and O–H groups in total. The molecule has 1 heterocycles. The summed E-state index contributed by atoms with van der Waals surface area (Å²) in [5, 5.41) is 20.0. The lowest BCUT2D eigenvalue weighted by molar-refractivity contribution is 0.155. The summed E-state index contributed by atoms with van der Waals surface area (Å²) in [5.74, 6) is 0. The van der Waals surface area contributed by atoms with Crippen LogP contribution in [0.3, 0.4) is 0 Å². The number of thiophene rings is 1. The molecule has 1 aromatic heterocycles. The van der Waals surface area contributed by atoms with E-state index in [0.29, 0.717) is 12.8 Å². The van der Waals surface area contributed by atoms with Crippen LogP contribution in [-0.4, -0.2) is 16.8 Å². The molecule has 0 bridgehead atoms. The molecule has 12 heavy (non-hydrogen) atoms. The number of aliphatic hydroxyl groups is 2. The molecular formula is C8H11BrO2S. The van der Waals surface area contributed by atoms with Crippen LogP contribution < -0.4 is 0 Å². The van der Waals surface area contributed by atoms with Crippen LogP contribution in [0.1, 0.15) is 23.8 Å². The molecule has 0 aliphatic rings. The maximum atomic E-state index is 9.54. The Kier molecular flexibility index (Phi) is 4.21. The Balaban J connectivity index is 2.47. The molecule has 0 saturated heterocycles. The van der Waals surface area contributed by atoms with Gasteiger partial charge in [0.2, 0.25) is 0 Å². The summed E-state index contributed by atoms with van der Waals surface area (Å²) >= 11 is 4.85. The second-order valence-electron chi connectivity index (χ2n) is 2.55. The predicted octanol–water partition coefficient (Wildman–Crippen LogP) is 2.32. The number of rotatable bonds is 4. The van der Waals surface area contributed by atoms with E-state index in [0.717, 1.165) is 9.35 Å². The van der Waals surface area contributed by atoms with Crippen molar-refractivity contribution in [3.8, 4) is 0 Å². The van der Waals surface area contributed by atoms with Crippen molar-refractivity contribution in [2.24, 2.45) is 0 Å². The molecule has 0 spiro atoms. The van der Waals surface area contributed by atoms with Crippen molar-refractivity contribution in [1.29, 1.82) is 0 Å². The average Bonchev–Trinajstić information content (AvgIpc) is 2.47. The molecule has 1 atom stereocenters. The fourth-order valence-electron chi connectivity index (χ4n) is 0.930. The standard InChI is InChI=1S/C8H11BrO2S/c9-6-4-8(12-5-6)7(11)2-1-3-10/h4-5,7,10-11H,1-3H2. The first-order valence-corrected chi connectivity index (χ1v) is 5.44. The van der Waals surface area contributed by atoms with Crippen LogP contribution in [0.25, 0.3) is 0 Å². The van der Waals surface area contributed by atoms with Crippen molar-refractivity contribution in [3.63, 3.8) is 0 Å². The Labute approximate surface area is 84.0 Å². The van der Waals surface area contributed by atoms with Gasteiger partial charge >= 0.3 is 0 Å². The minimum Gasteiger partial charge on any atom is -0.396 e. The summed E-state index contributed by atoms with van der Waals surface area (Å²) in [6.45, 7) is 0.142. The van der Waals surface area contributed by atoms with E-state index in [9.17, 15) is 5.11 Å². The number of hydrogen-bond acceptors (Lipinski definition) is 3. The minimum atomic E-state index is -0.423. The lowest BCUT2D eigenvalue weighted by Crippen LogP contribution is -1.95. The Bertz CT molecular complexity index is 237. The normalized spacial score (nSPS) is 13.2. The van der Waals surface area contributed by atoms with Gasteiger partial charge in [-0.15, -0.1) is 11.3 Å². The van der Waals surface area contributed by atoms with Crippen molar-refractivity contribution in [2.75, 3.05) is 6.61 Å². The van der Waals surface area contributed by atoms with Crippen LogP contribution >= 0.6 is 27.3 Å². The smallest absolute Gasteiger partial charge is 0.0883 e. The molecule has 0 aromatic carbocycles. The van der Waals surface area contributed by atoms with Crippen molar-refractivity contribution < 1.29 is 10.2 Å². The quantitative estimate of drug-likeness (QED) is 0.862. The number of aliphatic hydroxyl groups excluding tert-OH is 2.